The number of nitrogens with zero attached hydrogens (tertiary/aromatic N) is 2. The molecule has 1 fully saturated rings. The molecule has 1 rings (SSSR count). The minimum absolute atomic E-state index is 0.358. The van der Waals surface area contributed by atoms with E-state index in [4.69, 9.17) is 10.4 Å². The molecule has 0 bridgehead atoms. The molecule has 0 aromatic carbocycles. The first-order valence-electron chi connectivity index (χ1n) is 4.90. The van der Waals surface area contributed by atoms with E-state index in [1.54, 1.807) is 0 Å². The molecule has 78 valence electrons. The van der Waals surface area contributed by atoms with E-state index in [1.165, 1.54) is 0 Å². The quantitative estimate of drug-likeness (QED) is 0.733. The summed E-state index contributed by atoms with van der Waals surface area (Å²) in [4.78, 5) is 12.8. The van der Waals surface area contributed by atoms with Gasteiger partial charge in [0.15, 0.2) is 0 Å². The first kappa shape index (κ1) is 11.0. The zero-order chi connectivity index (χ0) is 10.8. The number of carboxylic acid groups (broad SMARTS) is 1. The highest BCUT2D eigenvalue weighted by Crippen LogP contribution is 2.30. The van der Waals surface area contributed by atoms with E-state index < -0.39 is 12.0 Å². The predicted molar refractivity (Wildman–Crippen MR) is 51.6 cm³/mol. The summed E-state index contributed by atoms with van der Waals surface area (Å²) in [5.74, 6) is -0.783. The first-order valence-corrected chi connectivity index (χ1v) is 4.90. The molecular weight excluding hydrogens is 180 g/mol. The molecule has 1 saturated heterocycles. The fraction of sp³-hybridized carbons (Fsp3) is 0.800. The number of nitriles is 1. The number of carbonyl (C=O) groups is 1. The molecule has 0 radical (unpaired) electrons. The number of hydrogen-bond acceptors (Lipinski definition) is 3. The third-order valence-electron chi connectivity index (χ3n) is 2.89. The Balaban J connectivity index is 2.66. The zero-order valence-electron chi connectivity index (χ0n) is 8.66. The summed E-state index contributed by atoms with van der Waals surface area (Å²) in [6.07, 6.45) is 1.37. The van der Waals surface area contributed by atoms with Crippen molar-refractivity contribution in [3.63, 3.8) is 0 Å². The maximum Gasteiger partial charge on any atom is 0.320 e. The van der Waals surface area contributed by atoms with Crippen molar-refractivity contribution in [2.24, 2.45) is 5.41 Å². The Labute approximate surface area is 84.1 Å². The zero-order valence-corrected chi connectivity index (χ0v) is 8.66. The van der Waals surface area contributed by atoms with Gasteiger partial charge in [0.05, 0.1) is 11.5 Å². The monoisotopic (exact) mass is 196 g/mol. The van der Waals surface area contributed by atoms with Gasteiger partial charge in [-0.3, -0.25) is 9.69 Å². The summed E-state index contributed by atoms with van der Waals surface area (Å²) >= 11 is 0. The van der Waals surface area contributed by atoms with Gasteiger partial charge in [-0.05, 0) is 19.8 Å². The minimum Gasteiger partial charge on any atom is -0.480 e. The van der Waals surface area contributed by atoms with Crippen molar-refractivity contribution in [3.05, 3.63) is 0 Å². The van der Waals surface area contributed by atoms with Crippen molar-refractivity contribution in [3.8, 4) is 6.07 Å². The molecule has 2 atom stereocenters. The molecule has 0 spiro atoms. The number of carboxylic acids is 1. The van der Waals surface area contributed by atoms with Gasteiger partial charge in [-0.2, -0.15) is 5.26 Å². The van der Waals surface area contributed by atoms with Crippen LogP contribution in [0.5, 0.6) is 0 Å². The molecule has 0 aliphatic carbocycles. The maximum atomic E-state index is 10.9. The SMILES string of the molecule is CCC(C(=O)O)N1CCC(C)(C#N)C1. The topological polar surface area (TPSA) is 64.3 Å². The first-order chi connectivity index (χ1) is 6.52. The Hall–Kier alpha value is -1.08. The molecule has 0 saturated carbocycles. The van der Waals surface area contributed by atoms with Crippen LogP contribution in [0.4, 0.5) is 0 Å². The van der Waals surface area contributed by atoms with E-state index in [-0.39, 0.29) is 5.41 Å². The van der Waals surface area contributed by atoms with Gasteiger partial charge >= 0.3 is 5.97 Å². The van der Waals surface area contributed by atoms with Crippen LogP contribution in [0.2, 0.25) is 0 Å². The Morgan fingerprint density at radius 1 is 1.79 bits per heavy atom. The van der Waals surface area contributed by atoms with Crippen LogP contribution in [0.3, 0.4) is 0 Å². The minimum atomic E-state index is -0.783. The molecule has 2 unspecified atom stereocenters. The molecule has 4 nitrogen and oxygen atoms in total. The Kier molecular flexibility index (Phi) is 3.12. The number of rotatable bonds is 3. The standard InChI is InChI=1S/C10H16N2O2/c1-3-8(9(13)14)12-5-4-10(2,6-11)7-12/h8H,3-5,7H2,1-2H3,(H,13,14). The van der Waals surface area contributed by atoms with E-state index in [0.29, 0.717) is 13.0 Å². The van der Waals surface area contributed by atoms with Gasteiger partial charge in [0.1, 0.15) is 6.04 Å². The lowest BCUT2D eigenvalue weighted by atomic mass is 9.92. The van der Waals surface area contributed by atoms with Gasteiger partial charge < -0.3 is 5.11 Å². The number of aliphatic carboxylic acids is 1. The number of likely N-dealkylation sites (tertiary alicyclic amines) is 1. The van der Waals surface area contributed by atoms with Crippen molar-refractivity contribution < 1.29 is 9.90 Å². The van der Waals surface area contributed by atoms with E-state index >= 15 is 0 Å². The van der Waals surface area contributed by atoms with E-state index in [0.717, 1.165) is 13.0 Å². The van der Waals surface area contributed by atoms with Crippen molar-refractivity contribution in [1.29, 1.82) is 5.26 Å². The highest BCUT2D eigenvalue weighted by Gasteiger charge is 2.38. The van der Waals surface area contributed by atoms with Crippen LogP contribution in [-0.4, -0.2) is 35.1 Å². The molecule has 4 heteroatoms. The fourth-order valence-electron chi connectivity index (χ4n) is 1.94. The van der Waals surface area contributed by atoms with Gasteiger partial charge in [0.25, 0.3) is 0 Å². The lowest BCUT2D eigenvalue weighted by molar-refractivity contribution is -0.143. The maximum absolute atomic E-state index is 10.9. The Morgan fingerprint density at radius 3 is 2.79 bits per heavy atom. The molecule has 1 heterocycles. The van der Waals surface area contributed by atoms with Crippen LogP contribution in [-0.2, 0) is 4.79 Å². The third-order valence-corrected chi connectivity index (χ3v) is 2.89. The van der Waals surface area contributed by atoms with E-state index in [2.05, 4.69) is 6.07 Å². The molecule has 1 aliphatic rings. The van der Waals surface area contributed by atoms with Crippen LogP contribution < -0.4 is 0 Å². The fourth-order valence-corrected chi connectivity index (χ4v) is 1.94. The molecule has 14 heavy (non-hydrogen) atoms. The highest BCUT2D eigenvalue weighted by molar-refractivity contribution is 5.73. The third kappa shape index (κ3) is 2.05. The molecule has 0 amide bonds. The van der Waals surface area contributed by atoms with Crippen LogP contribution >= 0.6 is 0 Å². The summed E-state index contributed by atoms with van der Waals surface area (Å²) in [5.41, 5.74) is -0.358. The molecule has 1 aliphatic heterocycles. The Bertz CT molecular complexity index is 272. The largest absolute Gasteiger partial charge is 0.480 e. The summed E-state index contributed by atoms with van der Waals surface area (Å²) < 4.78 is 0. The average Bonchev–Trinajstić information content (AvgIpc) is 2.50. The average molecular weight is 196 g/mol. The van der Waals surface area contributed by atoms with Gasteiger partial charge in [-0.1, -0.05) is 6.92 Å². The van der Waals surface area contributed by atoms with Crippen LogP contribution in [0.25, 0.3) is 0 Å². The van der Waals surface area contributed by atoms with Crippen LogP contribution in [0, 0.1) is 16.7 Å². The van der Waals surface area contributed by atoms with Crippen molar-refractivity contribution in [1.82, 2.24) is 4.90 Å². The van der Waals surface area contributed by atoms with Gasteiger partial charge in [-0.15, -0.1) is 0 Å². The molecular formula is C10H16N2O2. The number of hydrogen-bond donors (Lipinski definition) is 1. The lowest BCUT2D eigenvalue weighted by Gasteiger charge is -2.23. The van der Waals surface area contributed by atoms with Crippen molar-refractivity contribution in [2.75, 3.05) is 13.1 Å². The summed E-state index contributed by atoms with van der Waals surface area (Å²) in [6, 6.07) is 1.83. The second-order valence-electron chi connectivity index (χ2n) is 4.16. The van der Waals surface area contributed by atoms with Gasteiger partial charge in [0.2, 0.25) is 0 Å². The Morgan fingerprint density at radius 2 is 2.43 bits per heavy atom. The van der Waals surface area contributed by atoms with Crippen LogP contribution in [0.15, 0.2) is 0 Å². The molecule has 1 N–H and O–H groups in total. The van der Waals surface area contributed by atoms with E-state index in [9.17, 15) is 4.79 Å². The molecule has 0 aromatic heterocycles. The van der Waals surface area contributed by atoms with E-state index in [1.807, 2.05) is 18.7 Å². The van der Waals surface area contributed by atoms with Gasteiger partial charge in [-0.25, -0.2) is 0 Å². The van der Waals surface area contributed by atoms with Crippen molar-refractivity contribution in [2.45, 2.75) is 32.7 Å². The summed E-state index contributed by atoms with van der Waals surface area (Å²) in [6.45, 7) is 5.05. The second kappa shape index (κ2) is 3.97. The molecule has 0 aromatic rings. The van der Waals surface area contributed by atoms with Crippen LogP contribution in [0.1, 0.15) is 26.7 Å². The summed E-state index contributed by atoms with van der Waals surface area (Å²) in [5, 5.41) is 17.9. The highest BCUT2D eigenvalue weighted by atomic mass is 16.4. The second-order valence-corrected chi connectivity index (χ2v) is 4.16. The normalized spacial score (nSPS) is 29.8. The smallest absolute Gasteiger partial charge is 0.320 e. The van der Waals surface area contributed by atoms with Crippen molar-refractivity contribution >= 4 is 5.97 Å². The summed E-state index contributed by atoms with van der Waals surface area (Å²) in [7, 11) is 0. The predicted octanol–water partition coefficient (Wildman–Crippen LogP) is 1.09. The lowest BCUT2D eigenvalue weighted by Crippen LogP contribution is -2.40. The van der Waals surface area contributed by atoms with Gasteiger partial charge in [0, 0.05) is 13.1 Å².